The average Bonchev–Trinajstić information content (AvgIpc) is 0.854. The first-order valence-electron chi connectivity index (χ1n) is 35.2. The van der Waals surface area contributed by atoms with Crippen LogP contribution in [0.1, 0.15) is 156 Å². The predicted octanol–water partition coefficient (Wildman–Crippen LogP) is -5.04. The Morgan fingerprint density at radius 2 is 0.619 bits per heavy atom. The van der Waals surface area contributed by atoms with Crippen LogP contribution in [0.3, 0.4) is 0 Å². The van der Waals surface area contributed by atoms with Crippen molar-refractivity contribution in [2.75, 3.05) is 31.8 Å². The van der Waals surface area contributed by atoms with Gasteiger partial charge in [0.1, 0.15) is 90.6 Å². The van der Waals surface area contributed by atoms with E-state index in [1.807, 2.05) is 0 Å². The van der Waals surface area contributed by atoms with E-state index in [2.05, 4.69) is 74.4 Å². The van der Waals surface area contributed by atoms with Gasteiger partial charge in [0, 0.05) is 0 Å². The van der Waals surface area contributed by atoms with Gasteiger partial charge in [-0.3, -0.25) is 71.9 Å². The molecule has 0 saturated carbocycles. The van der Waals surface area contributed by atoms with Crippen LogP contribution in [0.15, 0.2) is 0 Å². The molecule has 0 aliphatic rings. The molecule has 0 aliphatic carbocycles. The predicted molar refractivity (Wildman–Crippen MR) is 385 cm³/mol. The maximum Gasteiger partial charge on any atom is 0.326 e. The number of hydrogen-bond donors (Lipinski definition) is 21. The monoisotopic (exact) mass is 1520 g/mol. The molecule has 0 bridgehead atoms. The summed E-state index contributed by atoms with van der Waals surface area (Å²) in [5, 5.41) is 94.0. The molecule has 0 aromatic rings. The van der Waals surface area contributed by atoms with Crippen LogP contribution in [-0.2, 0) is 76.7 Å². The number of carboxylic acids is 2. The highest BCUT2D eigenvalue weighted by atomic mass is 32.2. The first kappa shape index (κ1) is 96.7. The van der Waals surface area contributed by atoms with E-state index in [9.17, 15) is 107 Å². The maximum absolute atomic E-state index is 14.3. The van der Waals surface area contributed by atoms with Gasteiger partial charge in [0.25, 0.3) is 0 Å². The summed E-state index contributed by atoms with van der Waals surface area (Å²) in [5.74, 6) is -19.8. The van der Waals surface area contributed by atoms with E-state index < -0.39 is 241 Å². The third-order valence-corrected chi connectivity index (χ3v) is 17.2. The minimum atomic E-state index is -1.88. The second kappa shape index (κ2) is 48.0. The number of rotatable bonds is 49. The molecule has 0 spiro atoms. The zero-order valence-corrected chi connectivity index (χ0v) is 64.4. The average molecular weight is 1520 g/mol. The smallest absolute Gasteiger partial charge is 0.326 e. The third-order valence-electron chi connectivity index (χ3n) is 16.6. The summed E-state index contributed by atoms with van der Waals surface area (Å²) >= 11 is 1.34. The van der Waals surface area contributed by atoms with Gasteiger partial charge in [-0.25, -0.2) is 4.79 Å². The number of nitrogens with two attached hydrogens (primary N) is 1. The molecule has 17 atom stereocenters. The molecule has 0 aromatic heterocycles. The molecule has 37 nitrogen and oxygen atoms in total. The second-order valence-corrected chi connectivity index (χ2v) is 29.4. The number of aliphatic hydroxyl groups is 4. The second-order valence-electron chi connectivity index (χ2n) is 28.4. The molecule has 0 radical (unpaired) electrons. The van der Waals surface area contributed by atoms with E-state index >= 15 is 0 Å². The molecule has 22 N–H and O–H groups in total. The largest absolute Gasteiger partial charge is 0.481 e. The summed E-state index contributed by atoms with van der Waals surface area (Å²) < 4.78 is 0. The fourth-order valence-corrected chi connectivity index (χ4v) is 10.5. The first-order chi connectivity index (χ1) is 48.7. The Labute approximate surface area is 617 Å². The molecular weight excluding hydrogens is 1400 g/mol. The number of carbonyl (C=O) groups is 16. The molecule has 14 amide bonds. The van der Waals surface area contributed by atoms with Gasteiger partial charge in [-0.1, -0.05) is 103 Å². The number of thioether (sulfide) groups is 1. The van der Waals surface area contributed by atoms with Crippen LogP contribution < -0.4 is 80.2 Å². The van der Waals surface area contributed by atoms with E-state index in [-0.39, 0.29) is 49.9 Å². The summed E-state index contributed by atoms with van der Waals surface area (Å²) in [5.41, 5.74) is 5.72. The van der Waals surface area contributed by atoms with E-state index in [0.29, 0.717) is 5.75 Å². The summed E-state index contributed by atoms with van der Waals surface area (Å²) in [7, 11) is 0. The zero-order chi connectivity index (χ0) is 81.2. The van der Waals surface area contributed by atoms with E-state index in [1.54, 1.807) is 89.3 Å². The lowest BCUT2D eigenvalue weighted by atomic mass is 9.96. The number of carbonyl (C=O) groups excluding carboxylic acids is 14. The van der Waals surface area contributed by atoms with E-state index in [4.69, 9.17) is 5.73 Å². The Morgan fingerprint density at radius 1 is 0.343 bits per heavy atom. The summed E-state index contributed by atoms with van der Waals surface area (Å²) in [6, 6.07) is -22.5. The highest BCUT2D eigenvalue weighted by Crippen LogP contribution is 2.16. The normalized spacial score (nSPS) is 16.4. The van der Waals surface area contributed by atoms with Crippen LogP contribution in [0.2, 0.25) is 0 Å². The number of carboxylic acid groups (broad SMARTS) is 2. The number of amides is 14. The molecule has 105 heavy (non-hydrogen) atoms. The SMILES string of the molecule is CC[C@H](C)[C@H](NC(=O)[C@H](CC(C)C)NC(=O)[C@@H](NC(=O)[C@H](CO)NC(=O)[C@H](CC(C)C)NC(=O)[C@H](C)NC(=O)[C@H](CO)NC(=O)[C@H](CCSC)NC(=O)[C@@H](N)[C@@H](C)O)C(C)C)C(=O)N[C@@H](CO)C(=O)N[C@H](C(=O)N[C@@H](CC(=O)O)C(=O)N[C@@H](C)C(=O)N[C@H](C(=O)N[C@@H](CC(C)C)C(=O)O)C(C)C)C(C)C. The van der Waals surface area contributed by atoms with Crippen LogP contribution in [0.25, 0.3) is 0 Å². The highest BCUT2D eigenvalue weighted by molar-refractivity contribution is 7.98. The lowest BCUT2D eigenvalue weighted by molar-refractivity contribution is -0.143. The van der Waals surface area contributed by atoms with Crippen molar-refractivity contribution in [3.8, 4) is 0 Å². The summed E-state index contributed by atoms with van der Waals surface area (Å²) in [6.07, 6.45) is -0.259. The fourth-order valence-electron chi connectivity index (χ4n) is 10.0. The van der Waals surface area contributed by atoms with Crippen LogP contribution in [0.4, 0.5) is 0 Å². The molecule has 600 valence electrons. The summed E-state index contributed by atoms with van der Waals surface area (Å²) in [4.78, 5) is 215. The Bertz CT molecular complexity index is 2940. The van der Waals surface area contributed by atoms with Gasteiger partial charge < -0.3 is 111 Å². The quantitative estimate of drug-likeness (QED) is 0.0271. The maximum atomic E-state index is 14.3. The van der Waals surface area contributed by atoms with Crippen molar-refractivity contribution in [3.63, 3.8) is 0 Å². The van der Waals surface area contributed by atoms with Gasteiger partial charge in [-0.15, -0.1) is 0 Å². The molecule has 0 rings (SSSR count). The van der Waals surface area contributed by atoms with E-state index in [0.717, 1.165) is 0 Å². The fraction of sp³-hybridized carbons (Fsp3) is 0.761. The number of aliphatic carboxylic acids is 2. The van der Waals surface area contributed by atoms with Crippen LogP contribution in [0, 0.1) is 41.4 Å². The Balaban J connectivity index is 6.48. The minimum absolute atomic E-state index is 0.0501. The van der Waals surface area contributed by atoms with Crippen molar-refractivity contribution in [2.24, 2.45) is 47.2 Å². The molecule has 0 saturated heterocycles. The van der Waals surface area contributed by atoms with Crippen molar-refractivity contribution in [3.05, 3.63) is 0 Å². The molecule has 0 unspecified atom stereocenters. The van der Waals surface area contributed by atoms with Crippen LogP contribution in [0.5, 0.6) is 0 Å². The number of nitrogens with one attached hydrogen (secondary N) is 14. The molecule has 38 heteroatoms. The zero-order valence-electron chi connectivity index (χ0n) is 63.6. The van der Waals surface area contributed by atoms with E-state index in [1.165, 1.54) is 46.4 Å². The standard InChI is InChI=1S/C67H119N15O22S/c1-19-35(14)52(66(102)78-46(28-85)61(97)81-51(34(12)13)64(100)74-42(25-47(87)88)56(92)69-37(16)54(90)79-49(32(8)9)65(101)75-43(67(103)104)24-31(6)7)82-58(94)41(23-30(4)5)73-63(99)50(33(10)11)80-60(96)45(27-84)77-57(93)40(22-29(2)3)72-53(89)36(15)70-59(95)44(26-83)76-55(91)39(20-21-105-18)71-62(98)48(68)38(17)86/h29-46,48-52,83-86H,19-28,68H2,1-18H3,(H,69,92)(H,70,95)(H,71,98)(H,72,89)(H,73,99)(H,74,100)(H,75,101)(H,76,91)(H,77,93)(H,78,102)(H,79,90)(H,80,96)(H,81,97)(H,82,94)(H,87,88)(H,103,104)/t35-,36-,37-,38+,39-,40-,41-,42-,43-,44-,45-,46-,48-,49-,50-,51-,52-/m0/s1. The van der Waals surface area contributed by atoms with Gasteiger partial charge in [-0.2, -0.15) is 11.8 Å². The lowest BCUT2D eigenvalue weighted by Crippen LogP contribution is -2.63. The van der Waals surface area contributed by atoms with Gasteiger partial charge >= 0.3 is 11.9 Å². The van der Waals surface area contributed by atoms with Crippen LogP contribution in [-0.4, -0.2) is 254 Å². The van der Waals surface area contributed by atoms with Crippen molar-refractivity contribution in [1.29, 1.82) is 0 Å². The van der Waals surface area contributed by atoms with Crippen LogP contribution >= 0.6 is 11.8 Å². The third kappa shape index (κ3) is 34.6. The summed E-state index contributed by atoms with van der Waals surface area (Å²) in [6.45, 7) is 23.4. The number of hydrogen-bond acceptors (Lipinski definition) is 22. The molecule has 0 heterocycles. The molecular formula is C67H119N15O22S. The highest BCUT2D eigenvalue weighted by Gasteiger charge is 2.40. The van der Waals surface area contributed by atoms with Crippen molar-refractivity contribution in [1.82, 2.24) is 74.4 Å². The van der Waals surface area contributed by atoms with Gasteiger partial charge in [-0.05, 0) is 99.9 Å². The Kier molecular flexibility index (Phi) is 44.2. The topological polar surface area (TPSA) is 589 Å². The minimum Gasteiger partial charge on any atom is -0.481 e. The van der Waals surface area contributed by atoms with Gasteiger partial charge in [0.05, 0.1) is 32.3 Å². The van der Waals surface area contributed by atoms with Gasteiger partial charge in [0.15, 0.2) is 0 Å². The number of aliphatic hydroxyl groups excluding tert-OH is 4. The van der Waals surface area contributed by atoms with Crippen molar-refractivity contribution < 1.29 is 107 Å². The molecule has 0 fully saturated rings. The Hall–Kier alpha value is -8.33. The van der Waals surface area contributed by atoms with Gasteiger partial charge in [0.2, 0.25) is 82.7 Å². The van der Waals surface area contributed by atoms with Crippen molar-refractivity contribution in [2.45, 2.75) is 253 Å². The Morgan fingerprint density at radius 3 is 0.971 bits per heavy atom. The first-order valence-corrected chi connectivity index (χ1v) is 36.6. The lowest BCUT2D eigenvalue weighted by Gasteiger charge is -2.31. The molecule has 0 aromatic carbocycles. The molecule has 0 aliphatic heterocycles. The van der Waals surface area contributed by atoms with Crippen molar-refractivity contribution >= 4 is 106 Å².